The van der Waals surface area contributed by atoms with E-state index in [9.17, 15) is 15.0 Å². The molecule has 2 aromatic rings. The molecule has 6 nitrogen and oxygen atoms in total. The molecule has 0 fully saturated rings. The smallest absolute Gasteiger partial charge is 0.189 e. The van der Waals surface area contributed by atoms with Gasteiger partial charge in [0.05, 0.1) is 26.9 Å². The molecule has 6 heteroatoms. The molecule has 0 radical (unpaired) electrons. The Bertz CT molecular complexity index is 779. The molecule has 0 aliphatic carbocycles. The number of methoxy groups -OCH3 is 3. The van der Waals surface area contributed by atoms with Crippen molar-refractivity contribution in [3.05, 3.63) is 47.5 Å². The van der Waals surface area contributed by atoms with Crippen molar-refractivity contribution in [2.75, 3.05) is 21.3 Å². The van der Waals surface area contributed by atoms with Crippen molar-refractivity contribution in [2.45, 2.75) is 0 Å². The van der Waals surface area contributed by atoms with Gasteiger partial charge in [-0.2, -0.15) is 0 Å². The summed E-state index contributed by atoms with van der Waals surface area (Å²) < 4.78 is 15.6. The highest BCUT2D eigenvalue weighted by Gasteiger charge is 2.16. The van der Waals surface area contributed by atoms with E-state index >= 15 is 0 Å². The first-order valence-electron chi connectivity index (χ1n) is 7.04. The molecule has 0 spiro atoms. The van der Waals surface area contributed by atoms with E-state index in [1.165, 1.54) is 45.6 Å². The minimum atomic E-state index is -0.305. The number of aromatic hydroxyl groups is 2. The maximum atomic E-state index is 12.4. The van der Waals surface area contributed by atoms with Crippen molar-refractivity contribution < 1.29 is 29.2 Å². The Morgan fingerprint density at radius 2 is 1.50 bits per heavy atom. The SMILES string of the molecule is COc1cc(OC)c(C(=O)/C=C/c2ccc(O)c(O)c2)cc1OC. The zero-order valence-corrected chi connectivity index (χ0v) is 13.6. The number of ether oxygens (including phenoxy) is 3. The second kappa shape index (κ2) is 7.41. The second-order valence-corrected chi connectivity index (χ2v) is 4.85. The fraction of sp³-hybridized carbons (Fsp3) is 0.167. The van der Waals surface area contributed by atoms with Crippen LogP contribution in [0.1, 0.15) is 15.9 Å². The van der Waals surface area contributed by atoms with Crippen LogP contribution in [0.3, 0.4) is 0 Å². The third kappa shape index (κ3) is 3.60. The van der Waals surface area contributed by atoms with Crippen LogP contribution in [0.2, 0.25) is 0 Å². The van der Waals surface area contributed by atoms with Gasteiger partial charge in [-0.05, 0) is 29.8 Å². The Labute approximate surface area is 139 Å². The van der Waals surface area contributed by atoms with Crippen LogP contribution in [0.15, 0.2) is 36.4 Å². The molecule has 126 valence electrons. The monoisotopic (exact) mass is 330 g/mol. The molecule has 0 bridgehead atoms. The summed E-state index contributed by atoms with van der Waals surface area (Å²) in [4.78, 5) is 12.4. The summed E-state index contributed by atoms with van der Waals surface area (Å²) in [5.41, 5.74) is 0.882. The van der Waals surface area contributed by atoms with Gasteiger partial charge in [-0.3, -0.25) is 4.79 Å². The Morgan fingerprint density at radius 1 is 0.875 bits per heavy atom. The van der Waals surface area contributed by atoms with Gasteiger partial charge in [-0.15, -0.1) is 0 Å². The Balaban J connectivity index is 2.34. The quantitative estimate of drug-likeness (QED) is 0.481. The number of carbonyl (C=O) groups is 1. The van der Waals surface area contributed by atoms with E-state index in [1.807, 2.05) is 0 Å². The molecular formula is C18H18O6. The third-order valence-corrected chi connectivity index (χ3v) is 3.40. The summed E-state index contributed by atoms with van der Waals surface area (Å²) in [5, 5.41) is 18.8. The lowest BCUT2D eigenvalue weighted by atomic mass is 10.1. The van der Waals surface area contributed by atoms with Crippen molar-refractivity contribution in [3.63, 3.8) is 0 Å². The van der Waals surface area contributed by atoms with Gasteiger partial charge in [0.25, 0.3) is 0 Å². The van der Waals surface area contributed by atoms with E-state index < -0.39 is 0 Å². The number of phenols is 2. The summed E-state index contributed by atoms with van der Waals surface area (Å²) in [6, 6.07) is 7.39. The predicted molar refractivity (Wildman–Crippen MR) is 89.2 cm³/mol. The van der Waals surface area contributed by atoms with Gasteiger partial charge in [0.2, 0.25) is 0 Å². The lowest BCUT2D eigenvalue weighted by Gasteiger charge is -2.12. The average molecular weight is 330 g/mol. The van der Waals surface area contributed by atoms with Crippen LogP contribution in [0.4, 0.5) is 0 Å². The summed E-state index contributed by atoms with van der Waals surface area (Å²) >= 11 is 0. The molecule has 0 saturated carbocycles. The second-order valence-electron chi connectivity index (χ2n) is 4.85. The van der Waals surface area contributed by atoms with E-state index in [1.54, 1.807) is 18.2 Å². The van der Waals surface area contributed by atoms with Gasteiger partial charge in [0.1, 0.15) is 5.75 Å². The van der Waals surface area contributed by atoms with Crippen LogP contribution in [0.25, 0.3) is 6.08 Å². The van der Waals surface area contributed by atoms with E-state index in [2.05, 4.69) is 0 Å². The standard InChI is InChI=1S/C18H18O6/c1-22-16-10-18(24-3)17(23-2)9-12(16)13(19)6-4-11-5-7-14(20)15(21)8-11/h4-10,20-21H,1-3H3/b6-4+. The van der Waals surface area contributed by atoms with Crippen LogP contribution in [-0.2, 0) is 0 Å². The molecule has 0 amide bonds. The topological polar surface area (TPSA) is 85.2 Å². The van der Waals surface area contributed by atoms with E-state index in [0.29, 0.717) is 28.4 Å². The molecule has 0 heterocycles. The number of benzene rings is 2. The van der Waals surface area contributed by atoms with Crippen molar-refractivity contribution in [3.8, 4) is 28.7 Å². The van der Waals surface area contributed by atoms with Crippen molar-refractivity contribution in [2.24, 2.45) is 0 Å². The molecule has 2 N–H and O–H groups in total. The highest BCUT2D eigenvalue weighted by Crippen LogP contribution is 2.35. The van der Waals surface area contributed by atoms with E-state index in [4.69, 9.17) is 14.2 Å². The normalized spacial score (nSPS) is 10.6. The van der Waals surface area contributed by atoms with Gasteiger partial charge >= 0.3 is 0 Å². The largest absolute Gasteiger partial charge is 0.504 e. The highest BCUT2D eigenvalue weighted by atomic mass is 16.5. The number of hydrogen-bond donors (Lipinski definition) is 2. The van der Waals surface area contributed by atoms with Crippen LogP contribution in [0.5, 0.6) is 28.7 Å². The Morgan fingerprint density at radius 3 is 2.08 bits per heavy atom. The number of phenolic OH excluding ortho intramolecular Hbond substituents is 2. The van der Waals surface area contributed by atoms with E-state index in [0.717, 1.165) is 0 Å². The molecule has 2 rings (SSSR count). The minimum Gasteiger partial charge on any atom is -0.504 e. The molecular weight excluding hydrogens is 312 g/mol. The van der Waals surface area contributed by atoms with Crippen LogP contribution in [0, 0.1) is 0 Å². The predicted octanol–water partition coefficient (Wildman–Crippen LogP) is 3.02. The maximum Gasteiger partial charge on any atom is 0.189 e. The van der Waals surface area contributed by atoms with Gasteiger partial charge in [-0.1, -0.05) is 12.1 Å². The first kappa shape index (κ1) is 17.2. The third-order valence-electron chi connectivity index (χ3n) is 3.40. The molecule has 0 unspecified atom stereocenters. The first-order chi connectivity index (χ1) is 11.5. The number of rotatable bonds is 6. The number of allylic oxidation sites excluding steroid dienone is 1. The fourth-order valence-corrected chi connectivity index (χ4v) is 2.13. The Kier molecular flexibility index (Phi) is 5.31. The zero-order chi connectivity index (χ0) is 17.7. The lowest BCUT2D eigenvalue weighted by molar-refractivity contribution is 0.104. The van der Waals surface area contributed by atoms with Gasteiger partial charge < -0.3 is 24.4 Å². The summed E-state index contributed by atoms with van der Waals surface area (Å²) in [6.07, 6.45) is 2.87. The number of ketones is 1. The molecule has 0 aromatic heterocycles. The van der Waals surface area contributed by atoms with Crippen molar-refractivity contribution in [1.82, 2.24) is 0 Å². The minimum absolute atomic E-state index is 0.222. The highest BCUT2D eigenvalue weighted by molar-refractivity contribution is 6.09. The van der Waals surface area contributed by atoms with Crippen LogP contribution >= 0.6 is 0 Å². The first-order valence-corrected chi connectivity index (χ1v) is 7.04. The summed E-state index contributed by atoms with van der Waals surface area (Å²) in [6.45, 7) is 0. The number of carbonyl (C=O) groups excluding carboxylic acids is 1. The molecule has 0 aliphatic heterocycles. The van der Waals surface area contributed by atoms with Crippen LogP contribution in [-0.4, -0.2) is 37.3 Å². The molecule has 0 saturated heterocycles. The maximum absolute atomic E-state index is 12.4. The van der Waals surface area contributed by atoms with E-state index in [-0.39, 0.29) is 17.3 Å². The number of hydrogen-bond acceptors (Lipinski definition) is 6. The summed E-state index contributed by atoms with van der Waals surface area (Å²) in [5.74, 6) is 0.445. The van der Waals surface area contributed by atoms with Crippen molar-refractivity contribution in [1.29, 1.82) is 0 Å². The molecule has 2 aromatic carbocycles. The average Bonchev–Trinajstić information content (AvgIpc) is 2.61. The van der Waals surface area contributed by atoms with Gasteiger partial charge in [0.15, 0.2) is 28.8 Å². The zero-order valence-electron chi connectivity index (χ0n) is 13.6. The summed E-state index contributed by atoms with van der Waals surface area (Å²) in [7, 11) is 4.43. The van der Waals surface area contributed by atoms with Crippen molar-refractivity contribution >= 4 is 11.9 Å². The Hall–Kier alpha value is -3.15. The van der Waals surface area contributed by atoms with Gasteiger partial charge in [-0.25, -0.2) is 0 Å². The molecule has 24 heavy (non-hydrogen) atoms. The molecule has 0 atom stereocenters. The fourth-order valence-electron chi connectivity index (χ4n) is 2.13. The lowest BCUT2D eigenvalue weighted by Crippen LogP contribution is -2.01. The van der Waals surface area contributed by atoms with Gasteiger partial charge in [0, 0.05) is 6.07 Å². The van der Waals surface area contributed by atoms with Crippen LogP contribution < -0.4 is 14.2 Å². The molecule has 0 aliphatic rings.